The summed E-state index contributed by atoms with van der Waals surface area (Å²) >= 11 is 0. The second-order valence-electron chi connectivity index (χ2n) is 3.46. The molecule has 1 rings (SSSR count). The lowest BCUT2D eigenvalue weighted by Gasteiger charge is -2.12. The summed E-state index contributed by atoms with van der Waals surface area (Å²) in [7, 11) is -3.37. The molecule has 1 aromatic carbocycles. The summed E-state index contributed by atoms with van der Waals surface area (Å²) in [5.41, 5.74) is 0. The Labute approximate surface area is 119 Å². The minimum absolute atomic E-state index is 0.0723. The van der Waals surface area contributed by atoms with E-state index < -0.39 is 33.1 Å². The highest BCUT2D eigenvalue weighted by Gasteiger charge is 2.34. The van der Waals surface area contributed by atoms with Crippen LogP contribution in [0.4, 0.5) is 13.2 Å². The third-order valence-electron chi connectivity index (χ3n) is 1.99. The van der Waals surface area contributed by atoms with Crippen LogP contribution in [-0.4, -0.2) is 34.6 Å². The molecule has 0 atom stereocenters. The number of halogens is 3. The first-order valence-electron chi connectivity index (χ1n) is 5.56. The average molecular weight is 327 g/mol. The van der Waals surface area contributed by atoms with Crippen molar-refractivity contribution in [2.75, 3.05) is 13.7 Å². The number of hydrogen-bond acceptors (Lipinski definition) is 5. The van der Waals surface area contributed by atoms with Gasteiger partial charge in [-0.25, -0.2) is 0 Å². The number of sulfonamides is 1. The van der Waals surface area contributed by atoms with E-state index in [1.54, 1.807) is 6.92 Å². The molecule has 0 unspecified atom stereocenters. The molecule has 1 aromatic rings. The minimum Gasteiger partial charge on any atom is -0.453 e. The van der Waals surface area contributed by atoms with E-state index in [9.17, 15) is 21.6 Å². The molecule has 0 bridgehead atoms. The molecule has 118 valence electrons. The van der Waals surface area contributed by atoms with Crippen LogP contribution in [-0.2, 0) is 19.5 Å². The van der Waals surface area contributed by atoms with Crippen LogP contribution in [0.25, 0.3) is 0 Å². The molecular weight excluding hydrogens is 315 g/mol. The van der Waals surface area contributed by atoms with Crippen LogP contribution in [0.1, 0.15) is 6.92 Å². The van der Waals surface area contributed by atoms with Crippen molar-refractivity contribution >= 4 is 16.1 Å². The van der Waals surface area contributed by atoms with Gasteiger partial charge < -0.3 is 14.2 Å². The van der Waals surface area contributed by atoms with E-state index in [0.717, 1.165) is 19.2 Å². The number of rotatable bonds is 4. The molecule has 0 radical (unpaired) electrons. The summed E-state index contributed by atoms with van der Waals surface area (Å²) in [5, 5.41) is 0. The van der Waals surface area contributed by atoms with Gasteiger partial charge in [0, 0.05) is 0 Å². The molecule has 0 aliphatic heterocycles. The number of alkyl halides is 3. The lowest BCUT2D eigenvalue weighted by Crippen LogP contribution is -2.19. The van der Waals surface area contributed by atoms with Gasteiger partial charge in [-0.1, -0.05) is 16.5 Å². The van der Waals surface area contributed by atoms with Crippen LogP contribution >= 0.6 is 0 Å². The molecule has 0 heterocycles. The first kappa shape index (κ1) is 17.1. The van der Waals surface area contributed by atoms with Crippen molar-refractivity contribution in [1.29, 1.82) is 0 Å². The second kappa shape index (κ2) is 6.66. The fraction of sp³-hybridized carbons (Fsp3) is 0.364. The zero-order valence-electron chi connectivity index (χ0n) is 11.0. The Morgan fingerprint density at radius 2 is 1.90 bits per heavy atom. The van der Waals surface area contributed by atoms with Crippen molar-refractivity contribution in [3.05, 3.63) is 24.3 Å². The van der Waals surface area contributed by atoms with E-state index in [-0.39, 0.29) is 6.61 Å². The number of methoxy groups -OCH3 is 1. The quantitative estimate of drug-likeness (QED) is 0.627. The van der Waals surface area contributed by atoms with Crippen molar-refractivity contribution in [2.45, 2.75) is 18.2 Å². The summed E-state index contributed by atoms with van der Waals surface area (Å²) in [6, 6.07) is 4.23. The molecule has 0 spiro atoms. The highest BCUT2D eigenvalue weighted by molar-refractivity contribution is 7.90. The first-order chi connectivity index (χ1) is 9.69. The maximum absolute atomic E-state index is 12.3. The first-order valence-corrected chi connectivity index (χ1v) is 7.00. The number of ether oxygens (including phenoxy) is 3. The van der Waals surface area contributed by atoms with Crippen LogP contribution in [0.3, 0.4) is 0 Å². The molecule has 0 N–H and O–H groups in total. The van der Waals surface area contributed by atoms with Gasteiger partial charge in [-0.3, -0.25) is 0 Å². The van der Waals surface area contributed by atoms with Gasteiger partial charge in [0.05, 0.1) is 13.7 Å². The monoisotopic (exact) mass is 327 g/mol. The van der Waals surface area contributed by atoms with E-state index >= 15 is 0 Å². The molecule has 0 amide bonds. The van der Waals surface area contributed by atoms with E-state index in [1.807, 2.05) is 0 Å². The molecular formula is C11H12F3NO5S. The smallest absolute Gasteiger partial charge is 0.453 e. The molecule has 21 heavy (non-hydrogen) atoms. The zero-order chi connectivity index (χ0) is 16.1. The molecule has 0 aliphatic carbocycles. The van der Waals surface area contributed by atoms with Crippen molar-refractivity contribution < 1.29 is 35.8 Å². The topological polar surface area (TPSA) is 74.2 Å². The van der Waals surface area contributed by atoms with Crippen molar-refractivity contribution in [3.8, 4) is 5.75 Å². The molecule has 0 aliphatic rings. The minimum atomic E-state index is -5.03. The van der Waals surface area contributed by atoms with E-state index in [1.165, 1.54) is 12.1 Å². The van der Waals surface area contributed by atoms with Gasteiger partial charge in [-0.05, 0) is 19.1 Å². The summed E-state index contributed by atoms with van der Waals surface area (Å²) in [5.74, 6) is -0.888. The van der Waals surface area contributed by atoms with Crippen molar-refractivity contribution in [2.24, 2.45) is 4.40 Å². The second-order valence-corrected chi connectivity index (χ2v) is 5.04. The van der Waals surface area contributed by atoms with Gasteiger partial charge in [0.15, 0.2) is 0 Å². The predicted molar refractivity (Wildman–Crippen MR) is 66.4 cm³/mol. The molecule has 0 aromatic heterocycles. The lowest BCUT2D eigenvalue weighted by molar-refractivity contribution is -0.275. The highest BCUT2D eigenvalue weighted by atomic mass is 32.2. The van der Waals surface area contributed by atoms with Crippen molar-refractivity contribution in [3.63, 3.8) is 0 Å². The van der Waals surface area contributed by atoms with Crippen LogP contribution < -0.4 is 4.74 Å². The van der Waals surface area contributed by atoms with Crippen LogP contribution in [0.15, 0.2) is 33.6 Å². The van der Waals surface area contributed by atoms with E-state index in [4.69, 9.17) is 4.74 Å². The standard InChI is InChI=1S/C11H12F3NO5S/c1-3-19-10(18-2)15-21(16,17)9-7-5-4-6-8(9)20-11(12,13)14/h4-7H,3H2,1-2H3. The normalized spacial score (nSPS) is 12.9. The Morgan fingerprint density at radius 3 is 2.43 bits per heavy atom. The van der Waals surface area contributed by atoms with Gasteiger partial charge in [0.1, 0.15) is 10.6 Å². The summed E-state index contributed by atoms with van der Waals surface area (Å²) in [6.45, 7) is 1.63. The molecule has 6 nitrogen and oxygen atoms in total. The third kappa shape index (κ3) is 5.14. The van der Waals surface area contributed by atoms with E-state index in [0.29, 0.717) is 0 Å². The third-order valence-corrected chi connectivity index (χ3v) is 3.27. The Balaban J connectivity index is 3.26. The van der Waals surface area contributed by atoms with Crippen LogP contribution in [0, 0.1) is 0 Å². The Kier molecular flexibility index (Phi) is 5.41. The summed E-state index contributed by atoms with van der Waals surface area (Å²) in [6.07, 6.45) is -5.61. The van der Waals surface area contributed by atoms with Crippen LogP contribution in [0.5, 0.6) is 5.75 Å². The molecule has 10 heteroatoms. The van der Waals surface area contributed by atoms with Gasteiger partial charge in [-0.15, -0.1) is 13.2 Å². The average Bonchev–Trinajstić information content (AvgIpc) is 2.36. The highest BCUT2D eigenvalue weighted by Crippen LogP contribution is 2.30. The summed E-state index contributed by atoms with van der Waals surface area (Å²) < 4.78 is 76.9. The maximum Gasteiger partial charge on any atom is 0.573 e. The van der Waals surface area contributed by atoms with Gasteiger partial charge in [-0.2, -0.15) is 8.42 Å². The van der Waals surface area contributed by atoms with E-state index in [2.05, 4.69) is 13.9 Å². The Morgan fingerprint density at radius 1 is 1.29 bits per heavy atom. The van der Waals surface area contributed by atoms with Gasteiger partial charge in [0.25, 0.3) is 10.0 Å². The van der Waals surface area contributed by atoms with Crippen molar-refractivity contribution in [1.82, 2.24) is 0 Å². The van der Waals surface area contributed by atoms with Crippen LogP contribution in [0.2, 0.25) is 0 Å². The number of hydrogen-bond donors (Lipinski definition) is 0. The van der Waals surface area contributed by atoms with Gasteiger partial charge >= 0.3 is 12.4 Å². The fourth-order valence-corrected chi connectivity index (χ4v) is 2.30. The zero-order valence-corrected chi connectivity index (χ0v) is 11.9. The lowest BCUT2D eigenvalue weighted by atomic mass is 10.3. The fourth-order valence-electron chi connectivity index (χ4n) is 1.27. The Bertz CT molecular complexity index is 613. The Hall–Kier alpha value is -1.97. The summed E-state index contributed by atoms with van der Waals surface area (Å²) in [4.78, 5) is -0.753. The predicted octanol–water partition coefficient (Wildman–Crippen LogP) is 2.31. The SMILES string of the molecule is CCOC(=NS(=O)(=O)c1ccccc1OC(F)(F)F)OC. The number of benzene rings is 1. The van der Waals surface area contributed by atoms with Gasteiger partial charge in [0.2, 0.25) is 0 Å². The maximum atomic E-state index is 12.3. The molecule has 0 saturated carbocycles. The number of para-hydroxylation sites is 1. The largest absolute Gasteiger partial charge is 0.573 e. The molecule has 0 saturated heterocycles. The molecule has 0 fully saturated rings. The number of nitrogens with zero attached hydrogens (tertiary/aromatic N) is 1.